The van der Waals surface area contributed by atoms with Crippen LogP contribution in [0.4, 0.5) is 8.78 Å². The Morgan fingerprint density at radius 2 is 1.83 bits per heavy atom. The fraction of sp³-hybridized carbons (Fsp3) is 0.500. The summed E-state index contributed by atoms with van der Waals surface area (Å²) in [4.78, 5) is 0. The highest BCUT2D eigenvalue weighted by Crippen LogP contribution is 2.01. The molecule has 0 N–H and O–H groups in total. The third kappa shape index (κ3) is 1.88. The summed E-state index contributed by atoms with van der Waals surface area (Å²) in [5.41, 5.74) is -0.0741. The standard InChI is InChI=1S/C4H6F2/c1-3(2)4(5)6/h4H,1H2,2H3. The van der Waals surface area contributed by atoms with Gasteiger partial charge in [0.15, 0.2) is 0 Å². The normalized spacial score (nSPS) is 9.33. The monoisotopic (exact) mass is 92.0 g/mol. The van der Waals surface area contributed by atoms with E-state index in [0.717, 1.165) is 0 Å². The number of hydrogen-bond donors (Lipinski definition) is 0. The van der Waals surface area contributed by atoms with E-state index in [1.165, 1.54) is 6.92 Å². The fourth-order valence-corrected chi connectivity index (χ4v) is 0. The van der Waals surface area contributed by atoms with Gasteiger partial charge >= 0.3 is 0 Å². The van der Waals surface area contributed by atoms with Crippen molar-refractivity contribution in [1.82, 2.24) is 0 Å². The van der Waals surface area contributed by atoms with Crippen LogP contribution in [0.15, 0.2) is 12.2 Å². The molecule has 0 rings (SSSR count). The molecule has 0 saturated carbocycles. The Morgan fingerprint density at radius 3 is 1.83 bits per heavy atom. The van der Waals surface area contributed by atoms with Crippen LogP contribution in [0.1, 0.15) is 6.92 Å². The van der Waals surface area contributed by atoms with Gasteiger partial charge in [-0.3, -0.25) is 0 Å². The Hall–Kier alpha value is -0.400. The van der Waals surface area contributed by atoms with Crippen molar-refractivity contribution in [3.8, 4) is 0 Å². The first-order valence-electron chi connectivity index (χ1n) is 1.58. The molecule has 0 spiro atoms. The van der Waals surface area contributed by atoms with Gasteiger partial charge in [-0.25, -0.2) is 8.78 Å². The predicted molar refractivity (Wildman–Crippen MR) is 20.8 cm³/mol. The maximum absolute atomic E-state index is 11.1. The number of alkyl halides is 2. The van der Waals surface area contributed by atoms with E-state index in [9.17, 15) is 8.78 Å². The minimum Gasteiger partial charge on any atom is -0.205 e. The SMILES string of the molecule is C=C(C)C(F)F. The average molecular weight is 92.1 g/mol. The Kier molecular flexibility index (Phi) is 1.77. The molecule has 0 bridgehead atoms. The van der Waals surface area contributed by atoms with Crippen molar-refractivity contribution in [1.29, 1.82) is 0 Å². The summed E-state index contributed by atoms with van der Waals surface area (Å²) < 4.78 is 22.1. The van der Waals surface area contributed by atoms with Crippen LogP contribution in [-0.2, 0) is 0 Å². The molecule has 0 aliphatic carbocycles. The van der Waals surface area contributed by atoms with Crippen LogP contribution >= 0.6 is 0 Å². The van der Waals surface area contributed by atoms with Crippen LogP contribution in [0, 0.1) is 0 Å². The fourth-order valence-electron chi connectivity index (χ4n) is 0. The van der Waals surface area contributed by atoms with Crippen LogP contribution in [0.25, 0.3) is 0 Å². The second kappa shape index (κ2) is 1.90. The Balaban J connectivity index is 3.26. The van der Waals surface area contributed by atoms with Gasteiger partial charge in [0, 0.05) is 0 Å². The van der Waals surface area contributed by atoms with Crippen LogP contribution in [0.2, 0.25) is 0 Å². The molecule has 0 radical (unpaired) electrons. The summed E-state index contributed by atoms with van der Waals surface area (Å²) in [5, 5.41) is 0. The summed E-state index contributed by atoms with van der Waals surface area (Å²) in [5.74, 6) is 0. The van der Waals surface area contributed by atoms with Gasteiger partial charge in [0.05, 0.1) is 0 Å². The molecule has 0 unspecified atom stereocenters. The van der Waals surface area contributed by atoms with E-state index in [1.54, 1.807) is 0 Å². The van der Waals surface area contributed by atoms with E-state index in [-0.39, 0.29) is 5.57 Å². The van der Waals surface area contributed by atoms with E-state index < -0.39 is 6.43 Å². The first kappa shape index (κ1) is 5.60. The maximum Gasteiger partial charge on any atom is 0.259 e. The highest BCUT2D eigenvalue weighted by atomic mass is 19.3. The highest BCUT2D eigenvalue weighted by molar-refractivity contribution is 4.90. The molecule has 2 heteroatoms. The molecule has 0 nitrogen and oxygen atoms in total. The molecule has 0 aliphatic rings. The van der Waals surface area contributed by atoms with Crippen molar-refractivity contribution >= 4 is 0 Å². The molecule has 0 fully saturated rings. The second-order valence-corrected chi connectivity index (χ2v) is 1.15. The number of hydrogen-bond acceptors (Lipinski definition) is 0. The van der Waals surface area contributed by atoms with Crippen molar-refractivity contribution in [3.05, 3.63) is 12.2 Å². The lowest BCUT2D eigenvalue weighted by atomic mass is 10.4. The van der Waals surface area contributed by atoms with E-state index in [0.29, 0.717) is 0 Å². The van der Waals surface area contributed by atoms with E-state index in [2.05, 4.69) is 6.58 Å². The lowest BCUT2D eigenvalue weighted by molar-refractivity contribution is 0.190. The summed E-state index contributed by atoms with van der Waals surface area (Å²) in [6, 6.07) is 0. The minimum absolute atomic E-state index is 0.0741. The lowest BCUT2D eigenvalue weighted by Gasteiger charge is -1.88. The van der Waals surface area contributed by atoms with Crippen LogP contribution in [0.3, 0.4) is 0 Å². The number of allylic oxidation sites excluding steroid dienone is 1. The molecule has 0 aliphatic heterocycles. The van der Waals surface area contributed by atoms with E-state index in [1.807, 2.05) is 0 Å². The first-order valence-corrected chi connectivity index (χ1v) is 1.58. The summed E-state index contributed by atoms with van der Waals surface area (Å²) in [6.07, 6.45) is -2.34. The summed E-state index contributed by atoms with van der Waals surface area (Å²) in [7, 11) is 0. The van der Waals surface area contributed by atoms with Gasteiger partial charge in [-0.1, -0.05) is 6.58 Å². The summed E-state index contributed by atoms with van der Waals surface area (Å²) in [6.45, 7) is 4.30. The zero-order valence-electron chi connectivity index (χ0n) is 3.54. The Labute approximate surface area is 35.5 Å². The molecule has 0 heterocycles. The van der Waals surface area contributed by atoms with Crippen LogP contribution in [0.5, 0.6) is 0 Å². The van der Waals surface area contributed by atoms with Crippen molar-refractivity contribution in [2.24, 2.45) is 0 Å². The smallest absolute Gasteiger partial charge is 0.205 e. The van der Waals surface area contributed by atoms with Gasteiger partial charge in [0.25, 0.3) is 6.43 Å². The molecule has 6 heavy (non-hydrogen) atoms. The Morgan fingerprint density at radius 1 is 1.67 bits per heavy atom. The van der Waals surface area contributed by atoms with Gasteiger partial charge in [0.1, 0.15) is 0 Å². The van der Waals surface area contributed by atoms with Crippen LogP contribution in [-0.4, -0.2) is 6.43 Å². The van der Waals surface area contributed by atoms with Crippen molar-refractivity contribution in [2.75, 3.05) is 0 Å². The summed E-state index contributed by atoms with van der Waals surface area (Å²) >= 11 is 0. The zero-order valence-corrected chi connectivity index (χ0v) is 3.54. The largest absolute Gasteiger partial charge is 0.259 e. The quantitative estimate of drug-likeness (QED) is 0.433. The molecule has 0 atom stereocenters. The maximum atomic E-state index is 11.1. The van der Waals surface area contributed by atoms with Gasteiger partial charge in [-0.15, -0.1) is 0 Å². The zero-order chi connectivity index (χ0) is 5.15. The van der Waals surface area contributed by atoms with Crippen LogP contribution < -0.4 is 0 Å². The Bertz CT molecular complexity index is 56.6. The molecule has 0 aromatic rings. The van der Waals surface area contributed by atoms with Gasteiger partial charge < -0.3 is 0 Å². The molecular formula is C4H6F2. The highest BCUT2D eigenvalue weighted by Gasteiger charge is 1.98. The molecule has 0 saturated heterocycles. The van der Waals surface area contributed by atoms with Crippen molar-refractivity contribution in [3.63, 3.8) is 0 Å². The molecule has 0 aromatic heterocycles. The van der Waals surface area contributed by atoms with Gasteiger partial charge in [-0.05, 0) is 12.5 Å². The van der Waals surface area contributed by atoms with Crippen molar-refractivity contribution < 1.29 is 8.78 Å². The van der Waals surface area contributed by atoms with Gasteiger partial charge in [0.2, 0.25) is 0 Å². The van der Waals surface area contributed by atoms with E-state index in [4.69, 9.17) is 0 Å². The molecule has 0 aromatic carbocycles. The third-order valence-electron chi connectivity index (χ3n) is 0.373. The minimum atomic E-state index is -2.34. The lowest BCUT2D eigenvalue weighted by Crippen LogP contribution is -1.86. The number of halogens is 2. The third-order valence-corrected chi connectivity index (χ3v) is 0.373. The van der Waals surface area contributed by atoms with Gasteiger partial charge in [-0.2, -0.15) is 0 Å². The number of rotatable bonds is 1. The van der Waals surface area contributed by atoms with E-state index >= 15 is 0 Å². The first-order chi connectivity index (χ1) is 2.64. The van der Waals surface area contributed by atoms with Crippen molar-refractivity contribution in [2.45, 2.75) is 13.3 Å². The topological polar surface area (TPSA) is 0 Å². The molecular weight excluding hydrogens is 86.0 g/mol. The predicted octanol–water partition coefficient (Wildman–Crippen LogP) is 1.83. The second-order valence-electron chi connectivity index (χ2n) is 1.15. The molecule has 36 valence electrons. The average Bonchev–Trinajstić information content (AvgIpc) is 1.36. The molecule has 0 amide bonds.